The maximum Gasteiger partial charge on any atom is 0.354 e. The van der Waals surface area contributed by atoms with E-state index in [9.17, 15) is 4.79 Å². The van der Waals surface area contributed by atoms with Crippen LogP contribution in [0.2, 0.25) is 0 Å². The minimum absolute atomic E-state index is 0.0231. The van der Waals surface area contributed by atoms with Gasteiger partial charge in [-0.25, -0.2) is 9.78 Å². The van der Waals surface area contributed by atoms with Crippen molar-refractivity contribution in [1.82, 2.24) is 4.98 Å². The Bertz CT molecular complexity index is 579. The van der Waals surface area contributed by atoms with Gasteiger partial charge in [-0.05, 0) is 36.4 Å². The number of carboxylic acids is 1. The Morgan fingerprint density at radius 2 is 1.84 bits per heavy atom. The summed E-state index contributed by atoms with van der Waals surface area (Å²) in [5.74, 6) is -0.524. The van der Waals surface area contributed by atoms with E-state index < -0.39 is 5.97 Å². The largest absolute Gasteiger partial charge is 0.477 e. The van der Waals surface area contributed by atoms with Gasteiger partial charge >= 0.3 is 5.97 Å². The van der Waals surface area contributed by atoms with Gasteiger partial charge in [0.1, 0.15) is 5.82 Å². The van der Waals surface area contributed by atoms with Crippen LogP contribution in [-0.2, 0) is 0 Å². The van der Waals surface area contributed by atoms with E-state index in [4.69, 9.17) is 5.11 Å². The molecule has 19 heavy (non-hydrogen) atoms. The van der Waals surface area contributed by atoms with Crippen LogP contribution in [0.25, 0.3) is 0 Å². The van der Waals surface area contributed by atoms with Gasteiger partial charge in [0.15, 0.2) is 5.69 Å². The maximum atomic E-state index is 10.8. The van der Waals surface area contributed by atoms with Crippen LogP contribution in [-0.4, -0.2) is 30.2 Å². The van der Waals surface area contributed by atoms with Gasteiger partial charge in [-0.15, -0.1) is 0 Å². The van der Waals surface area contributed by atoms with Gasteiger partial charge < -0.3 is 15.3 Å². The van der Waals surface area contributed by atoms with Crippen molar-refractivity contribution in [3.63, 3.8) is 0 Å². The Morgan fingerprint density at radius 1 is 1.16 bits per heavy atom. The SMILES string of the molecule is CN(C)c1ccc(Nc2cccc(C(=O)O)n2)cc1. The van der Waals surface area contributed by atoms with Gasteiger partial charge in [0.25, 0.3) is 0 Å². The van der Waals surface area contributed by atoms with E-state index >= 15 is 0 Å². The smallest absolute Gasteiger partial charge is 0.354 e. The lowest BCUT2D eigenvalue weighted by molar-refractivity contribution is 0.0690. The Labute approximate surface area is 111 Å². The van der Waals surface area contributed by atoms with Crippen LogP contribution in [0.5, 0.6) is 0 Å². The van der Waals surface area contributed by atoms with Gasteiger partial charge in [-0.3, -0.25) is 0 Å². The monoisotopic (exact) mass is 257 g/mol. The molecular weight excluding hydrogens is 242 g/mol. The number of carboxylic acid groups (broad SMARTS) is 1. The highest BCUT2D eigenvalue weighted by atomic mass is 16.4. The number of nitrogens with zero attached hydrogens (tertiary/aromatic N) is 2. The predicted molar refractivity (Wildman–Crippen MR) is 75.2 cm³/mol. The average molecular weight is 257 g/mol. The lowest BCUT2D eigenvalue weighted by Crippen LogP contribution is -2.08. The lowest BCUT2D eigenvalue weighted by atomic mass is 10.2. The van der Waals surface area contributed by atoms with Gasteiger partial charge in [0.05, 0.1) is 0 Å². The topological polar surface area (TPSA) is 65.5 Å². The van der Waals surface area contributed by atoms with E-state index in [1.165, 1.54) is 6.07 Å². The molecule has 2 aromatic rings. The van der Waals surface area contributed by atoms with Crippen molar-refractivity contribution in [2.75, 3.05) is 24.3 Å². The molecule has 0 radical (unpaired) electrons. The Balaban J connectivity index is 2.16. The molecule has 5 heteroatoms. The van der Waals surface area contributed by atoms with Crippen molar-refractivity contribution < 1.29 is 9.90 Å². The molecular formula is C14H15N3O2. The first-order valence-corrected chi connectivity index (χ1v) is 5.81. The molecule has 0 aliphatic carbocycles. The molecule has 0 fully saturated rings. The Kier molecular flexibility index (Phi) is 3.66. The van der Waals surface area contributed by atoms with Crippen molar-refractivity contribution in [1.29, 1.82) is 0 Å². The number of carbonyl (C=O) groups is 1. The first-order valence-electron chi connectivity index (χ1n) is 5.81. The Morgan fingerprint density at radius 3 is 2.42 bits per heavy atom. The van der Waals surface area contributed by atoms with Crippen molar-refractivity contribution in [3.8, 4) is 0 Å². The summed E-state index contributed by atoms with van der Waals surface area (Å²) in [7, 11) is 3.95. The number of benzene rings is 1. The summed E-state index contributed by atoms with van der Waals surface area (Å²) in [6, 6.07) is 12.6. The molecule has 0 saturated carbocycles. The van der Waals surface area contributed by atoms with Crippen LogP contribution >= 0.6 is 0 Å². The zero-order chi connectivity index (χ0) is 13.8. The maximum absolute atomic E-state index is 10.8. The van der Waals surface area contributed by atoms with E-state index in [-0.39, 0.29) is 5.69 Å². The van der Waals surface area contributed by atoms with Crippen LogP contribution in [0.3, 0.4) is 0 Å². The summed E-state index contributed by atoms with van der Waals surface area (Å²) >= 11 is 0. The van der Waals surface area contributed by atoms with E-state index in [0.717, 1.165) is 11.4 Å². The number of aromatic carboxylic acids is 1. The first kappa shape index (κ1) is 12.9. The predicted octanol–water partition coefficient (Wildman–Crippen LogP) is 2.59. The molecule has 1 heterocycles. The quantitative estimate of drug-likeness (QED) is 0.881. The Hall–Kier alpha value is -2.56. The normalized spacial score (nSPS) is 10.0. The number of pyridine rings is 1. The van der Waals surface area contributed by atoms with E-state index in [1.54, 1.807) is 12.1 Å². The molecule has 2 rings (SSSR count). The number of hydrogen-bond donors (Lipinski definition) is 2. The van der Waals surface area contributed by atoms with Crippen molar-refractivity contribution in [2.24, 2.45) is 0 Å². The molecule has 0 saturated heterocycles. The first-order chi connectivity index (χ1) is 9.06. The van der Waals surface area contributed by atoms with E-state index in [1.807, 2.05) is 43.3 Å². The van der Waals surface area contributed by atoms with Gasteiger partial charge in [0.2, 0.25) is 0 Å². The van der Waals surface area contributed by atoms with Gasteiger partial charge in [-0.1, -0.05) is 6.07 Å². The molecule has 1 aromatic heterocycles. The summed E-state index contributed by atoms with van der Waals surface area (Å²) < 4.78 is 0. The summed E-state index contributed by atoms with van der Waals surface area (Å²) in [6.45, 7) is 0. The summed E-state index contributed by atoms with van der Waals surface area (Å²) in [4.78, 5) is 16.8. The minimum Gasteiger partial charge on any atom is -0.477 e. The third-order valence-corrected chi connectivity index (χ3v) is 2.62. The zero-order valence-electron chi connectivity index (χ0n) is 10.8. The van der Waals surface area contributed by atoms with Gasteiger partial charge in [-0.2, -0.15) is 0 Å². The molecule has 0 spiro atoms. The number of anilines is 3. The fourth-order valence-electron chi connectivity index (χ4n) is 1.61. The average Bonchev–Trinajstić information content (AvgIpc) is 2.39. The molecule has 0 amide bonds. The molecule has 98 valence electrons. The fourth-order valence-corrected chi connectivity index (χ4v) is 1.61. The highest BCUT2D eigenvalue weighted by molar-refractivity contribution is 5.85. The molecule has 0 atom stereocenters. The van der Waals surface area contributed by atoms with Crippen molar-refractivity contribution >= 4 is 23.2 Å². The molecule has 5 nitrogen and oxygen atoms in total. The van der Waals surface area contributed by atoms with E-state index in [0.29, 0.717) is 5.82 Å². The third kappa shape index (κ3) is 3.22. The van der Waals surface area contributed by atoms with Crippen LogP contribution in [0.15, 0.2) is 42.5 Å². The molecule has 0 aliphatic heterocycles. The fraction of sp³-hybridized carbons (Fsp3) is 0.143. The van der Waals surface area contributed by atoms with Gasteiger partial charge in [0, 0.05) is 25.5 Å². The lowest BCUT2D eigenvalue weighted by Gasteiger charge is -2.13. The van der Waals surface area contributed by atoms with Crippen LogP contribution in [0.1, 0.15) is 10.5 Å². The molecule has 0 unspecified atom stereocenters. The van der Waals surface area contributed by atoms with Crippen molar-refractivity contribution in [2.45, 2.75) is 0 Å². The molecule has 2 N–H and O–H groups in total. The zero-order valence-corrected chi connectivity index (χ0v) is 10.8. The highest BCUT2D eigenvalue weighted by Gasteiger charge is 2.05. The molecule has 0 bridgehead atoms. The number of nitrogens with one attached hydrogen (secondary N) is 1. The second kappa shape index (κ2) is 5.39. The number of rotatable bonds is 4. The highest BCUT2D eigenvalue weighted by Crippen LogP contribution is 2.19. The summed E-state index contributed by atoms with van der Waals surface area (Å²) in [5.41, 5.74) is 1.98. The number of aromatic nitrogens is 1. The third-order valence-electron chi connectivity index (χ3n) is 2.62. The summed E-state index contributed by atoms with van der Waals surface area (Å²) in [5, 5.41) is 11.9. The van der Waals surface area contributed by atoms with Crippen LogP contribution in [0.4, 0.5) is 17.2 Å². The van der Waals surface area contributed by atoms with Crippen LogP contribution in [0, 0.1) is 0 Å². The molecule has 1 aromatic carbocycles. The van der Waals surface area contributed by atoms with Crippen molar-refractivity contribution in [3.05, 3.63) is 48.2 Å². The second-order valence-corrected chi connectivity index (χ2v) is 4.28. The molecule has 0 aliphatic rings. The number of hydrogen-bond acceptors (Lipinski definition) is 4. The van der Waals surface area contributed by atoms with Crippen LogP contribution < -0.4 is 10.2 Å². The summed E-state index contributed by atoms with van der Waals surface area (Å²) in [6.07, 6.45) is 0. The standard InChI is InChI=1S/C14H15N3O2/c1-17(2)11-8-6-10(7-9-11)15-13-5-3-4-12(16-13)14(18)19/h3-9H,1-2H3,(H,15,16)(H,18,19). The second-order valence-electron chi connectivity index (χ2n) is 4.28. The minimum atomic E-state index is -1.04. The van der Waals surface area contributed by atoms with E-state index in [2.05, 4.69) is 10.3 Å².